The molecule has 0 aliphatic carbocycles. The van der Waals surface area contributed by atoms with Gasteiger partial charge in [-0.2, -0.15) is 0 Å². The van der Waals surface area contributed by atoms with E-state index in [1.165, 1.54) is 5.57 Å². The first kappa shape index (κ1) is 16.6. The van der Waals surface area contributed by atoms with E-state index in [0.29, 0.717) is 0 Å². The predicted octanol–water partition coefficient (Wildman–Crippen LogP) is 3.89. The molecular weight excluding hydrogens is 250 g/mol. The lowest BCUT2D eigenvalue weighted by molar-refractivity contribution is 0.392. The quantitative estimate of drug-likeness (QED) is 0.800. The summed E-state index contributed by atoms with van der Waals surface area (Å²) in [5.74, 6) is 1.70. The van der Waals surface area contributed by atoms with Gasteiger partial charge in [0.15, 0.2) is 0 Å². The molecule has 0 unspecified atom stereocenters. The summed E-state index contributed by atoms with van der Waals surface area (Å²) in [7, 11) is 3.37. The molecule has 0 radical (unpaired) electrons. The van der Waals surface area contributed by atoms with E-state index in [-0.39, 0.29) is 5.54 Å². The van der Waals surface area contributed by atoms with Gasteiger partial charge in [0.05, 0.1) is 19.8 Å². The normalized spacial score (nSPS) is 12.4. The summed E-state index contributed by atoms with van der Waals surface area (Å²) >= 11 is 0. The Balaban J connectivity index is 2.83. The number of rotatable bonds is 6. The summed E-state index contributed by atoms with van der Waals surface area (Å²) in [5.41, 5.74) is 2.37. The first-order chi connectivity index (χ1) is 9.39. The fourth-order valence-corrected chi connectivity index (χ4v) is 2.08. The molecule has 1 aromatic rings. The summed E-state index contributed by atoms with van der Waals surface area (Å²) in [6, 6.07) is 5.86. The van der Waals surface area contributed by atoms with Crippen molar-refractivity contribution < 1.29 is 9.47 Å². The van der Waals surface area contributed by atoms with Crippen LogP contribution in [0.5, 0.6) is 11.5 Å². The monoisotopic (exact) mass is 277 g/mol. The van der Waals surface area contributed by atoms with Crippen molar-refractivity contribution in [3.63, 3.8) is 0 Å². The van der Waals surface area contributed by atoms with Crippen LogP contribution in [0.3, 0.4) is 0 Å². The summed E-state index contributed by atoms with van der Waals surface area (Å²) in [6.07, 6.45) is 3.20. The number of allylic oxidation sites excluding steroid dienone is 1. The van der Waals surface area contributed by atoms with Gasteiger partial charge in [0.1, 0.15) is 11.5 Å². The molecule has 1 rings (SSSR count). The van der Waals surface area contributed by atoms with Crippen molar-refractivity contribution >= 4 is 5.57 Å². The van der Waals surface area contributed by atoms with Crippen molar-refractivity contribution in [2.24, 2.45) is 0 Å². The zero-order valence-electron chi connectivity index (χ0n) is 13.5. The summed E-state index contributed by atoms with van der Waals surface area (Å²) in [5, 5.41) is 3.48. The minimum atomic E-state index is 0.157. The Hall–Kier alpha value is -1.48. The highest BCUT2D eigenvalue weighted by Crippen LogP contribution is 2.34. The maximum atomic E-state index is 5.43. The zero-order valence-corrected chi connectivity index (χ0v) is 13.5. The molecule has 0 bridgehead atoms. The molecule has 3 heteroatoms. The molecule has 0 fully saturated rings. The SMILES string of the molecule is COc1cccc(OC)c1/C(C)=C/CCNC(C)(C)C. The number of hydrogen-bond acceptors (Lipinski definition) is 3. The van der Waals surface area contributed by atoms with E-state index in [4.69, 9.17) is 9.47 Å². The topological polar surface area (TPSA) is 30.5 Å². The summed E-state index contributed by atoms with van der Waals surface area (Å²) in [6.45, 7) is 9.57. The summed E-state index contributed by atoms with van der Waals surface area (Å²) < 4.78 is 10.9. The number of ether oxygens (including phenoxy) is 2. The highest BCUT2D eigenvalue weighted by atomic mass is 16.5. The van der Waals surface area contributed by atoms with Crippen LogP contribution in [0.1, 0.15) is 39.7 Å². The molecule has 0 heterocycles. The maximum Gasteiger partial charge on any atom is 0.130 e. The van der Waals surface area contributed by atoms with Crippen molar-refractivity contribution in [1.82, 2.24) is 5.32 Å². The van der Waals surface area contributed by atoms with Gasteiger partial charge >= 0.3 is 0 Å². The Labute approximate surface area is 123 Å². The predicted molar refractivity (Wildman–Crippen MR) is 85.6 cm³/mol. The Kier molecular flexibility index (Phi) is 6.08. The van der Waals surface area contributed by atoms with E-state index in [1.54, 1.807) is 14.2 Å². The van der Waals surface area contributed by atoms with Gasteiger partial charge < -0.3 is 14.8 Å². The van der Waals surface area contributed by atoms with Crippen LogP contribution >= 0.6 is 0 Å². The second kappa shape index (κ2) is 7.34. The second-order valence-electron chi connectivity index (χ2n) is 5.89. The Morgan fingerprint density at radius 3 is 2.15 bits per heavy atom. The maximum absolute atomic E-state index is 5.43. The van der Waals surface area contributed by atoms with Crippen molar-refractivity contribution in [2.75, 3.05) is 20.8 Å². The van der Waals surface area contributed by atoms with E-state index in [2.05, 4.69) is 39.1 Å². The van der Waals surface area contributed by atoms with Crippen LogP contribution in [0.15, 0.2) is 24.3 Å². The Bertz CT molecular complexity index is 436. The number of benzene rings is 1. The van der Waals surface area contributed by atoms with Gasteiger partial charge in [-0.25, -0.2) is 0 Å². The molecule has 1 N–H and O–H groups in total. The molecule has 20 heavy (non-hydrogen) atoms. The second-order valence-corrected chi connectivity index (χ2v) is 5.89. The first-order valence-corrected chi connectivity index (χ1v) is 7.02. The minimum Gasteiger partial charge on any atom is -0.496 e. The van der Waals surface area contributed by atoms with Crippen molar-refractivity contribution in [3.8, 4) is 11.5 Å². The average Bonchev–Trinajstić information content (AvgIpc) is 2.41. The van der Waals surface area contributed by atoms with Gasteiger partial charge in [-0.15, -0.1) is 0 Å². The molecule has 0 spiro atoms. The standard InChI is InChI=1S/C17H27NO2/c1-13(9-8-12-18-17(2,3)4)16-14(19-5)10-7-11-15(16)20-6/h7,9-11,18H,8,12H2,1-6H3/b13-9+. The van der Waals surface area contributed by atoms with Gasteiger partial charge in [0.2, 0.25) is 0 Å². The first-order valence-electron chi connectivity index (χ1n) is 7.02. The van der Waals surface area contributed by atoms with Gasteiger partial charge in [0, 0.05) is 5.54 Å². The Morgan fingerprint density at radius 2 is 1.70 bits per heavy atom. The molecular formula is C17H27NO2. The van der Waals surface area contributed by atoms with Crippen LogP contribution in [-0.2, 0) is 0 Å². The van der Waals surface area contributed by atoms with Crippen LogP contribution in [0.4, 0.5) is 0 Å². The van der Waals surface area contributed by atoms with E-state index >= 15 is 0 Å². The lowest BCUT2D eigenvalue weighted by Gasteiger charge is -2.20. The molecule has 112 valence electrons. The van der Waals surface area contributed by atoms with Gasteiger partial charge in [-0.1, -0.05) is 12.1 Å². The van der Waals surface area contributed by atoms with E-state index in [9.17, 15) is 0 Å². The van der Waals surface area contributed by atoms with Crippen LogP contribution < -0.4 is 14.8 Å². The molecule has 0 aliphatic heterocycles. The molecule has 0 aromatic heterocycles. The fraction of sp³-hybridized carbons (Fsp3) is 0.529. The van der Waals surface area contributed by atoms with E-state index in [0.717, 1.165) is 30.0 Å². The highest BCUT2D eigenvalue weighted by Gasteiger charge is 2.11. The largest absolute Gasteiger partial charge is 0.496 e. The van der Waals surface area contributed by atoms with Crippen molar-refractivity contribution in [2.45, 2.75) is 39.7 Å². The average molecular weight is 277 g/mol. The van der Waals surface area contributed by atoms with Crippen LogP contribution in [0, 0.1) is 0 Å². The van der Waals surface area contributed by atoms with Crippen LogP contribution in [0.2, 0.25) is 0 Å². The van der Waals surface area contributed by atoms with E-state index < -0.39 is 0 Å². The molecule has 0 saturated heterocycles. The molecule has 0 atom stereocenters. The van der Waals surface area contributed by atoms with Gasteiger partial charge in [-0.3, -0.25) is 0 Å². The van der Waals surface area contributed by atoms with E-state index in [1.807, 2.05) is 18.2 Å². The highest BCUT2D eigenvalue weighted by molar-refractivity contribution is 5.74. The van der Waals surface area contributed by atoms with Gasteiger partial charge in [-0.05, 0) is 58.4 Å². The lowest BCUT2D eigenvalue weighted by atomic mass is 10.0. The third-order valence-electron chi connectivity index (χ3n) is 3.07. The van der Waals surface area contributed by atoms with Crippen molar-refractivity contribution in [1.29, 1.82) is 0 Å². The number of nitrogens with one attached hydrogen (secondary N) is 1. The molecule has 3 nitrogen and oxygen atoms in total. The number of hydrogen-bond donors (Lipinski definition) is 1. The molecule has 0 saturated carbocycles. The summed E-state index contributed by atoms with van der Waals surface area (Å²) in [4.78, 5) is 0. The third kappa shape index (κ3) is 4.89. The van der Waals surface area contributed by atoms with Gasteiger partial charge in [0.25, 0.3) is 0 Å². The number of methoxy groups -OCH3 is 2. The minimum absolute atomic E-state index is 0.157. The molecule has 0 aliphatic rings. The van der Waals surface area contributed by atoms with Crippen LogP contribution in [0.25, 0.3) is 5.57 Å². The zero-order chi connectivity index (χ0) is 15.2. The van der Waals surface area contributed by atoms with Crippen molar-refractivity contribution in [3.05, 3.63) is 29.8 Å². The Morgan fingerprint density at radius 1 is 1.15 bits per heavy atom. The lowest BCUT2D eigenvalue weighted by Crippen LogP contribution is -2.36. The molecule has 0 amide bonds. The fourth-order valence-electron chi connectivity index (χ4n) is 2.08. The molecule has 1 aromatic carbocycles. The van der Waals surface area contributed by atoms with Crippen LogP contribution in [-0.4, -0.2) is 26.3 Å². The third-order valence-corrected chi connectivity index (χ3v) is 3.07. The smallest absolute Gasteiger partial charge is 0.130 e.